The van der Waals surface area contributed by atoms with Crippen LogP contribution in [-0.4, -0.2) is 19.3 Å². The maximum absolute atomic E-state index is 6.16. The van der Waals surface area contributed by atoms with E-state index in [0.29, 0.717) is 12.0 Å². The van der Waals surface area contributed by atoms with E-state index in [9.17, 15) is 0 Å². The van der Waals surface area contributed by atoms with Gasteiger partial charge in [0.05, 0.1) is 0 Å². The van der Waals surface area contributed by atoms with E-state index in [1.807, 2.05) is 0 Å². The van der Waals surface area contributed by atoms with Crippen LogP contribution < -0.4 is 5.73 Å². The third-order valence-electron chi connectivity index (χ3n) is 3.71. The zero-order valence-electron chi connectivity index (χ0n) is 10.4. The van der Waals surface area contributed by atoms with Crippen molar-refractivity contribution in [3.8, 4) is 0 Å². The fraction of sp³-hybridized carbons (Fsp3) is 1.00. The molecule has 1 fully saturated rings. The molecule has 3 atom stereocenters. The molecule has 0 aromatic carbocycles. The third kappa shape index (κ3) is 4.52. The summed E-state index contributed by atoms with van der Waals surface area (Å²) < 4.78 is 5.55. The Balaban J connectivity index is 2.19. The summed E-state index contributed by atoms with van der Waals surface area (Å²) in [4.78, 5) is 0. The summed E-state index contributed by atoms with van der Waals surface area (Å²) in [6.45, 7) is 6.26. The van der Waals surface area contributed by atoms with Gasteiger partial charge in [-0.1, -0.05) is 20.3 Å². The van der Waals surface area contributed by atoms with Crippen molar-refractivity contribution in [3.63, 3.8) is 0 Å². The van der Waals surface area contributed by atoms with Gasteiger partial charge in [-0.15, -0.1) is 0 Å². The zero-order chi connectivity index (χ0) is 11.1. The molecule has 1 rings (SSSR count). The first kappa shape index (κ1) is 13.0. The highest BCUT2D eigenvalue weighted by Crippen LogP contribution is 2.32. The predicted octanol–water partition coefficient (Wildman–Crippen LogP) is 2.96. The quantitative estimate of drug-likeness (QED) is 0.688. The van der Waals surface area contributed by atoms with Crippen LogP contribution in [0.5, 0.6) is 0 Å². The summed E-state index contributed by atoms with van der Waals surface area (Å²) in [6, 6.07) is 0.429. The maximum atomic E-state index is 6.16. The molecule has 0 radical (unpaired) electrons. The molecule has 0 aliphatic heterocycles. The van der Waals surface area contributed by atoms with Crippen molar-refractivity contribution in [2.24, 2.45) is 17.6 Å². The van der Waals surface area contributed by atoms with Gasteiger partial charge in [0.15, 0.2) is 0 Å². The van der Waals surface area contributed by atoms with Gasteiger partial charge in [0.25, 0.3) is 0 Å². The Labute approximate surface area is 94.6 Å². The van der Waals surface area contributed by atoms with Crippen molar-refractivity contribution in [1.29, 1.82) is 0 Å². The lowest BCUT2D eigenvalue weighted by Crippen LogP contribution is -2.36. The van der Waals surface area contributed by atoms with Gasteiger partial charge in [0.2, 0.25) is 0 Å². The van der Waals surface area contributed by atoms with E-state index in [1.165, 1.54) is 25.7 Å². The molecule has 15 heavy (non-hydrogen) atoms. The molecule has 2 nitrogen and oxygen atoms in total. The van der Waals surface area contributed by atoms with E-state index >= 15 is 0 Å². The van der Waals surface area contributed by atoms with E-state index in [-0.39, 0.29) is 0 Å². The summed E-state index contributed by atoms with van der Waals surface area (Å²) in [7, 11) is 0. The Morgan fingerprint density at radius 1 is 1.20 bits per heavy atom. The Morgan fingerprint density at radius 3 is 2.67 bits per heavy atom. The van der Waals surface area contributed by atoms with Crippen LogP contribution >= 0.6 is 0 Å². The molecule has 0 aromatic rings. The molecule has 0 bridgehead atoms. The highest BCUT2D eigenvalue weighted by molar-refractivity contribution is 4.81. The van der Waals surface area contributed by atoms with Crippen molar-refractivity contribution in [2.75, 3.05) is 13.2 Å². The monoisotopic (exact) mass is 213 g/mol. The fourth-order valence-corrected chi connectivity index (χ4v) is 2.57. The third-order valence-corrected chi connectivity index (χ3v) is 3.71. The van der Waals surface area contributed by atoms with Gasteiger partial charge < -0.3 is 10.5 Å². The molecule has 0 heterocycles. The average Bonchev–Trinajstić information content (AvgIpc) is 2.26. The predicted molar refractivity (Wildman–Crippen MR) is 64.8 cm³/mol. The molecular weight excluding hydrogens is 186 g/mol. The number of ether oxygens (including phenoxy) is 1. The normalized spacial score (nSPS) is 31.8. The van der Waals surface area contributed by atoms with Gasteiger partial charge >= 0.3 is 0 Å². The minimum atomic E-state index is 0.429. The van der Waals surface area contributed by atoms with E-state index in [1.54, 1.807) is 0 Å². The van der Waals surface area contributed by atoms with Gasteiger partial charge in [-0.3, -0.25) is 0 Å². The first-order chi connectivity index (χ1) is 7.27. The molecule has 1 aliphatic rings. The standard InChI is InChI=1S/C13H27NO/c1-3-8-15-9-7-12-10-11(4-2)5-6-13(12)14/h11-13H,3-10,14H2,1-2H3. The highest BCUT2D eigenvalue weighted by Gasteiger charge is 2.26. The van der Waals surface area contributed by atoms with E-state index < -0.39 is 0 Å². The van der Waals surface area contributed by atoms with Crippen molar-refractivity contribution in [2.45, 2.75) is 58.4 Å². The minimum absolute atomic E-state index is 0.429. The number of rotatable bonds is 6. The van der Waals surface area contributed by atoms with Crippen molar-refractivity contribution < 1.29 is 4.74 Å². The molecule has 2 N–H and O–H groups in total. The lowest BCUT2D eigenvalue weighted by atomic mass is 9.76. The molecule has 0 amide bonds. The Kier molecular flexibility index (Phi) is 6.26. The summed E-state index contributed by atoms with van der Waals surface area (Å²) in [5, 5.41) is 0. The minimum Gasteiger partial charge on any atom is -0.381 e. The second-order valence-corrected chi connectivity index (χ2v) is 4.91. The van der Waals surface area contributed by atoms with Crippen LogP contribution in [-0.2, 0) is 4.74 Å². The van der Waals surface area contributed by atoms with Gasteiger partial charge in [-0.05, 0) is 43.9 Å². The summed E-state index contributed by atoms with van der Waals surface area (Å²) in [5.74, 6) is 1.63. The molecular formula is C13H27NO. The molecule has 3 unspecified atom stereocenters. The maximum Gasteiger partial charge on any atom is 0.0469 e. The van der Waals surface area contributed by atoms with Gasteiger partial charge in [0.1, 0.15) is 0 Å². The lowest BCUT2D eigenvalue weighted by molar-refractivity contribution is 0.102. The SMILES string of the molecule is CCCOCCC1CC(CC)CCC1N. The van der Waals surface area contributed by atoms with Gasteiger partial charge in [0, 0.05) is 19.3 Å². The van der Waals surface area contributed by atoms with Crippen molar-refractivity contribution in [1.82, 2.24) is 0 Å². The second-order valence-electron chi connectivity index (χ2n) is 4.91. The second kappa shape index (κ2) is 7.24. The molecule has 0 spiro atoms. The fourth-order valence-electron chi connectivity index (χ4n) is 2.57. The topological polar surface area (TPSA) is 35.2 Å². The summed E-state index contributed by atoms with van der Waals surface area (Å²) >= 11 is 0. The largest absolute Gasteiger partial charge is 0.381 e. The van der Waals surface area contributed by atoms with Crippen molar-refractivity contribution in [3.05, 3.63) is 0 Å². The number of hydrogen-bond donors (Lipinski definition) is 1. The molecule has 2 heteroatoms. The van der Waals surface area contributed by atoms with Crippen LogP contribution in [0.1, 0.15) is 52.4 Å². The van der Waals surface area contributed by atoms with E-state index in [4.69, 9.17) is 10.5 Å². The van der Waals surface area contributed by atoms with Gasteiger partial charge in [-0.2, -0.15) is 0 Å². The van der Waals surface area contributed by atoms with E-state index in [2.05, 4.69) is 13.8 Å². The molecule has 0 saturated heterocycles. The highest BCUT2D eigenvalue weighted by atomic mass is 16.5. The molecule has 90 valence electrons. The number of nitrogens with two attached hydrogens (primary N) is 1. The Bertz CT molecular complexity index is 161. The van der Waals surface area contributed by atoms with Crippen molar-refractivity contribution >= 4 is 0 Å². The zero-order valence-corrected chi connectivity index (χ0v) is 10.4. The van der Waals surface area contributed by atoms with Gasteiger partial charge in [-0.25, -0.2) is 0 Å². The lowest BCUT2D eigenvalue weighted by Gasteiger charge is -2.33. The van der Waals surface area contributed by atoms with Crippen LogP contribution in [0.4, 0.5) is 0 Å². The molecule has 1 saturated carbocycles. The Morgan fingerprint density at radius 2 is 2.00 bits per heavy atom. The summed E-state index contributed by atoms with van der Waals surface area (Å²) in [5.41, 5.74) is 6.16. The van der Waals surface area contributed by atoms with E-state index in [0.717, 1.165) is 32.0 Å². The summed E-state index contributed by atoms with van der Waals surface area (Å²) in [6.07, 6.45) is 7.49. The van der Waals surface area contributed by atoms with Crippen LogP contribution in [0, 0.1) is 11.8 Å². The van der Waals surface area contributed by atoms with Crippen LogP contribution in [0.15, 0.2) is 0 Å². The average molecular weight is 213 g/mol. The number of hydrogen-bond acceptors (Lipinski definition) is 2. The molecule has 1 aliphatic carbocycles. The van der Waals surface area contributed by atoms with Crippen LogP contribution in [0.25, 0.3) is 0 Å². The first-order valence-corrected chi connectivity index (χ1v) is 6.61. The Hall–Kier alpha value is -0.0800. The van der Waals surface area contributed by atoms with Crippen LogP contribution in [0.2, 0.25) is 0 Å². The smallest absolute Gasteiger partial charge is 0.0469 e. The van der Waals surface area contributed by atoms with Crippen LogP contribution in [0.3, 0.4) is 0 Å². The first-order valence-electron chi connectivity index (χ1n) is 6.61. The molecule has 0 aromatic heterocycles.